The van der Waals surface area contributed by atoms with Gasteiger partial charge in [0.05, 0.1) is 6.10 Å². The predicted molar refractivity (Wildman–Crippen MR) is 90.1 cm³/mol. The topological polar surface area (TPSA) is 18.5 Å². The van der Waals surface area contributed by atoms with Gasteiger partial charge in [0.1, 0.15) is 12.4 Å². The summed E-state index contributed by atoms with van der Waals surface area (Å²) in [5.41, 5.74) is 1.36. The highest BCUT2D eigenvalue weighted by atomic mass is 16.5. The molecule has 0 aliphatic carbocycles. The maximum absolute atomic E-state index is 5.89. The van der Waals surface area contributed by atoms with Crippen molar-refractivity contribution in [3.05, 3.63) is 42.0 Å². The van der Waals surface area contributed by atoms with Crippen LogP contribution in [-0.2, 0) is 10.2 Å². The van der Waals surface area contributed by atoms with E-state index >= 15 is 0 Å². The monoisotopic (exact) mass is 290 g/mol. The van der Waals surface area contributed by atoms with E-state index in [9.17, 15) is 0 Å². The lowest BCUT2D eigenvalue weighted by atomic mass is 9.86. The summed E-state index contributed by atoms with van der Waals surface area (Å²) in [4.78, 5) is 0. The summed E-state index contributed by atoms with van der Waals surface area (Å²) in [5.74, 6) is 0.984. The second-order valence-electron chi connectivity index (χ2n) is 6.59. The van der Waals surface area contributed by atoms with Crippen molar-refractivity contribution in [2.45, 2.75) is 59.0 Å². The first-order chi connectivity index (χ1) is 9.91. The predicted octanol–water partition coefficient (Wildman–Crippen LogP) is 5.12. The second kappa shape index (κ2) is 8.89. The van der Waals surface area contributed by atoms with E-state index in [1.165, 1.54) is 5.56 Å². The molecule has 0 aliphatic rings. The molecule has 0 radical (unpaired) electrons. The van der Waals surface area contributed by atoms with Gasteiger partial charge in [-0.3, -0.25) is 0 Å². The summed E-state index contributed by atoms with van der Waals surface area (Å²) in [5, 5.41) is 0. The molecule has 2 heteroatoms. The highest BCUT2D eigenvalue weighted by molar-refractivity contribution is 5.38. The van der Waals surface area contributed by atoms with Crippen LogP contribution in [0.4, 0.5) is 0 Å². The van der Waals surface area contributed by atoms with E-state index in [2.05, 4.69) is 58.9 Å². The number of benzene rings is 1. The van der Waals surface area contributed by atoms with Gasteiger partial charge < -0.3 is 9.47 Å². The van der Waals surface area contributed by atoms with Crippen LogP contribution in [-0.4, -0.2) is 19.3 Å². The minimum Gasteiger partial charge on any atom is -0.489 e. The zero-order valence-electron chi connectivity index (χ0n) is 14.2. The van der Waals surface area contributed by atoms with Crippen molar-refractivity contribution in [3.8, 4) is 5.75 Å². The molecule has 0 aliphatic heterocycles. The summed E-state index contributed by atoms with van der Waals surface area (Å²) in [6, 6.07) is 8.28. The fourth-order valence-electron chi connectivity index (χ4n) is 2.06. The van der Waals surface area contributed by atoms with Gasteiger partial charge in [-0.1, -0.05) is 51.1 Å². The summed E-state index contributed by atoms with van der Waals surface area (Å²) in [7, 11) is 0. The van der Waals surface area contributed by atoms with E-state index in [4.69, 9.17) is 9.47 Å². The van der Waals surface area contributed by atoms with Crippen molar-refractivity contribution in [1.82, 2.24) is 0 Å². The van der Waals surface area contributed by atoms with Crippen LogP contribution in [0.2, 0.25) is 0 Å². The molecule has 2 nitrogen and oxygen atoms in total. The Morgan fingerprint density at radius 1 is 1.10 bits per heavy atom. The molecule has 0 saturated heterocycles. The standard InChI is InChI=1S/C19H30O2/c1-16(2)20-14-10-6-7-11-15-21-18-13-9-8-12-17(18)19(3,4)5/h7-9,11-13,16H,6,10,14-15H2,1-5H3/b11-7+. The zero-order chi connectivity index (χ0) is 15.7. The van der Waals surface area contributed by atoms with Gasteiger partial charge in [-0.05, 0) is 43.7 Å². The van der Waals surface area contributed by atoms with Crippen LogP contribution in [0.15, 0.2) is 36.4 Å². The molecule has 1 aromatic carbocycles. The first kappa shape index (κ1) is 17.8. The third kappa shape index (κ3) is 7.33. The number of ether oxygens (including phenoxy) is 2. The van der Waals surface area contributed by atoms with E-state index in [0.717, 1.165) is 25.2 Å². The third-order valence-electron chi connectivity index (χ3n) is 3.16. The number of unbranched alkanes of at least 4 members (excludes halogenated alkanes) is 1. The van der Waals surface area contributed by atoms with Crippen molar-refractivity contribution in [3.63, 3.8) is 0 Å². The van der Waals surface area contributed by atoms with Crippen LogP contribution >= 0.6 is 0 Å². The molecule has 1 aromatic rings. The number of allylic oxidation sites excluding steroid dienone is 1. The van der Waals surface area contributed by atoms with Crippen molar-refractivity contribution in [2.24, 2.45) is 0 Å². The maximum atomic E-state index is 5.89. The Morgan fingerprint density at radius 3 is 2.48 bits per heavy atom. The van der Waals surface area contributed by atoms with Gasteiger partial charge in [0.25, 0.3) is 0 Å². The molecule has 0 aromatic heterocycles. The largest absolute Gasteiger partial charge is 0.489 e. The molecule has 0 saturated carbocycles. The Balaban J connectivity index is 2.33. The van der Waals surface area contributed by atoms with Gasteiger partial charge in [0, 0.05) is 6.61 Å². The van der Waals surface area contributed by atoms with Crippen LogP contribution in [0.25, 0.3) is 0 Å². The Hall–Kier alpha value is -1.28. The highest BCUT2D eigenvalue weighted by Crippen LogP contribution is 2.30. The fourth-order valence-corrected chi connectivity index (χ4v) is 2.06. The Labute approximate surface area is 130 Å². The summed E-state index contributed by atoms with van der Waals surface area (Å²) >= 11 is 0. The minimum absolute atomic E-state index is 0.106. The number of hydrogen-bond acceptors (Lipinski definition) is 2. The van der Waals surface area contributed by atoms with Gasteiger partial charge in [-0.2, -0.15) is 0 Å². The average molecular weight is 290 g/mol. The molecular formula is C19H30O2. The lowest BCUT2D eigenvalue weighted by molar-refractivity contribution is 0.0775. The minimum atomic E-state index is 0.106. The van der Waals surface area contributed by atoms with Crippen molar-refractivity contribution >= 4 is 0 Å². The number of para-hydroxylation sites is 1. The molecule has 0 spiro atoms. The van der Waals surface area contributed by atoms with Crippen LogP contribution in [0.1, 0.15) is 53.0 Å². The Morgan fingerprint density at radius 2 is 1.81 bits per heavy atom. The Kier molecular flexibility index (Phi) is 7.52. The van der Waals surface area contributed by atoms with Gasteiger partial charge in [-0.15, -0.1) is 0 Å². The summed E-state index contributed by atoms with van der Waals surface area (Å²) in [6.45, 7) is 12.2. The van der Waals surface area contributed by atoms with E-state index < -0.39 is 0 Å². The first-order valence-electron chi connectivity index (χ1n) is 7.90. The fraction of sp³-hybridized carbons (Fsp3) is 0.579. The molecule has 0 unspecified atom stereocenters. The molecule has 0 fully saturated rings. The van der Waals surface area contributed by atoms with Gasteiger partial charge in [0.2, 0.25) is 0 Å². The van der Waals surface area contributed by atoms with Crippen molar-refractivity contribution in [2.75, 3.05) is 13.2 Å². The lowest BCUT2D eigenvalue weighted by Crippen LogP contribution is -2.13. The molecule has 0 heterocycles. The molecule has 0 atom stereocenters. The third-order valence-corrected chi connectivity index (χ3v) is 3.16. The first-order valence-corrected chi connectivity index (χ1v) is 7.90. The van der Waals surface area contributed by atoms with Crippen LogP contribution in [0, 0.1) is 0 Å². The highest BCUT2D eigenvalue weighted by Gasteiger charge is 2.17. The normalized spacial score (nSPS) is 12.3. The SMILES string of the molecule is CC(C)OCCC/C=C/COc1ccccc1C(C)(C)C. The van der Waals surface area contributed by atoms with E-state index in [1.54, 1.807) is 0 Å². The molecule has 21 heavy (non-hydrogen) atoms. The molecule has 118 valence electrons. The molecule has 1 rings (SSSR count). The average Bonchev–Trinajstić information content (AvgIpc) is 2.41. The molecule has 0 bridgehead atoms. The van der Waals surface area contributed by atoms with Gasteiger partial charge in [0.15, 0.2) is 0 Å². The van der Waals surface area contributed by atoms with E-state index in [0.29, 0.717) is 12.7 Å². The molecule has 0 amide bonds. The zero-order valence-corrected chi connectivity index (χ0v) is 14.2. The smallest absolute Gasteiger partial charge is 0.123 e. The summed E-state index contributed by atoms with van der Waals surface area (Å²) in [6.07, 6.45) is 6.69. The van der Waals surface area contributed by atoms with Crippen LogP contribution < -0.4 is 4.74 Å². The maximum Gasteiger partial charge on any atom is 0.123 e. The number of hydrogen-bond donors (Lipinski definition) is 0. The Bertz CT molecular complexity index is 427. The lowest BCUT2D eigenvalue weighted by Gasteiger charge is -2.22. The van der Waals surface area contributed by atoms with Crippen molar-refractivity contribution in [1.29, 1.82) is 0 Å². The van der Waals surface area contributed by atoms with Crippen LogP contribution in [0.5, 0.6) is 5.75 Å². The van der Waals surface area contributed by atoms with Gasteiger partial charge >= 0.3 is 0 Å². The van der Waals surface area contributed by atoms with Gasteiger partial charge in [-0.25, -0.2) is 0 Å². The quantitative estimate of drug-likeness (QED) is 0.488. The summed E-state index contributed by atoms with van der Waals surface area (Å²) < 4.78 is 11.4. The number of rotatable bonds is 8. The van der Waals surface area contributed by atoms with E-state index in [-0.39, 0.29) is 5.41 Å². The van der Waals surface area contributed by atoms with Crippen LogP contribution in [0.3, 0.4) is 0 Å². The molecule has 0 N–H and O–H groups in total. The molecular weight excluding hydrogens is 260 g/mol. The van der Waals surface area contributed by atoms with E-state index in [1.807, 2.05) is 12.1 Å². The second-order valence-corrected chi connectivity index (χ2v) is 6.59. The van der Waals surface area contributed by atoms with Crippen molar-refractivity contribution < 1.29 is 9.47 Å².